The SMILES string of the molecule is CCC(N)Cc1nc(C)cc(=O)[nH]1. The number of aromatic amines is 1. The molecular formula is C9H15N3O. The summed E-state index contributed by atoms with van der Waals surface area (Å²) in [6.07, 6.45) is 1.52. The number of nitrogens with zero attached hydrogens (tertiary/aromatic N) is 1. The van der Waals surface area contributed by atoms with Gasteiger partial charge >= 0.3 is 0 Å². The molecule has 0 aromatic carbocycles. The fraction of sp³-hybridized carbons (Fsp3) is 0.556. The predicted molar refractivity (Wildman–Crippen MR) is 51.6 cm³/mol. The maximum Gasteiger partial charge on any atom is 0.251 e. The van der Waals surface area contributed by atoms with E-state index in [1.54, 1.807) is 6.92 Å². The summed E-state index contributed by atoms with van der Waals surface area (Å²) in [7, 11) is 0. The van der Waals surface area contributed by atoms with Crippen LogP contribution in [0.15, 0.2) is 10.9 Å². The van der Waals surface area contributed by atoms with Crippen molar-refractivity contribution in [2.45, 2.75) is 32.7 Å². The van der Waals surface area contributed by atoms with Crippen LogP contribution in [0.2, 0.25) is 0 Å². The Hall–Kier alpha value is -1.16. The van der Waals surface area contributed by atoms with Crippen LogP contribution in [0.1, 0.15) is 24.9 Å². The van der Waals surface area contributed by atoms with Gasteiger partial charge in [-0.25, -0.2) is 4.98 Å². The van der Waals surface area contributed by atoms with Crippen molar-refractivity contribution >= 4 is 0 Å². The van der Waals surface area contributed by atoms with Crippen LogP contribution in [-0.4, -0.2) is 16.0 Å². The molecule has 0 saturated heterocycles. The number of H-pyrrole nitrogens is 1. The third kappa shape index (κ3) is 2.99. The Morgan fingerprint density at radius 2 is 2.38 bits per heavy atom. The summed E-state index contributed by atoms with van der Waals surface area (Å²) in [6, 6.07) is 1.55. The van der Waals surface area contributed by atoms with Gasteiger partial charge in [-0.15, -0.1) is 0 Å². The summed E-state index contributed by atoms with van der Waals surface area (Å²) >= 11 is 0. The minimum atomic E-state index is -0.106. The van der Waals surface area contributed by atoms with Crippen molar-refractivity contribution < 1.29 is 0 Å². The molecule has 4 heteroatoms. The number of hydrogen-bond acceptors (Lipinski definition) is 3. The molecule has 1 aromatic heterocycles. The van der Waals surface area contributed by atoms with Gasteiger partial charge < -0.3 is 10.7 Å². The average molecular weight is 181 g/mol. The first-order valence-corrected chi connectivity index (χ1v) is 4.44. The third-order valence-electron chi connectivity index (χ3n) is 1.90. The molecule has 0 aliphatic carbocycles. The number of aromatic nitrogens is 2. The first-order valence-electron chi connectivity index (χ1n) is 4.44. The van der Waals surface area contributed by atoms with Crippen LogP contribution in [0.3, 0.4) is 0 Å². The molecule has 1 heterocycles. The van der Waals surface area contributed by atoms with E-state index in [4.69, 9.17) is 5.73 Å². The molecule has 0 amide bonds. The van der Waals surface area contributed by atoms with Crippen LogP contribution < -0.4 is 11.3 Å². The second-order valence-electron chi connectivity index (χ2n) is 3.21. The van der Waals surface area contributed by atoms with Crippen LogP contribution in [0.4, 0.5) is 0 Å². The zero-order valence-electron chi connectivity index (χ0n) is 8.00. The molecular weight excluding hydrogens is 166 g/mol. The van der Waals surface area contributed by atoms with E-state index in [9.17, 15) is 4.79 Å². The maximum absolute atomic E-state index is 11.0. The molecule has 1 aromatic rings. The van der Waals surface area contributed by atoms with Gasteiger partial charge in [0.1, 0.15) is 5.82 Å². The van der Waals surface area contributed by atoms with Crippen LogP contribution in [0.25, 0.3) is 0 Å². The van der Waals surface area contributed by atoms with Gasteiger partial charge in [0.2, 0.25) is 0 Å². The summed E-state index contributed by atoms with van der Waals surface area (Å²) in [5.74, 6) is 0.680. The van der Waals surface area contributed by atoms with Gasteiger partial charge in [-0.2, -0.15) is 0 Å². The second kappa shape index (κ2) is 4.18. The van der Waals surface area contributed by atoms with E-state index in [0.717, 1.165) is 12.1 Å². The van der Waals surface area contributed by atoms with Crippen LogP contribution in [-0.2, 0) is 6.42 Å². The van der Waals surface area contributed by atoms with E-state index in [1.807, 2.05) is 6.92 Å². The highest BCUT2D eigenvalue weighted by molar-refractivity contribution is 5.01. The average Bonchev–Trinajstić information content (AvgIpc) is 2.02. The number of nitrogens with one attached hydrogen (secondary N) is 1. The minimum Gasteiger partial charge on any atom is -0.327 e. The lowest BCUT2D eigenvalue weighted by molar-refractivity contribution is 0.621. The van der Waals surface area contributed by atoms with Gasteiger partial charge in [0, 0.05) is 24.2 Å². The highest BCUT2D eigenvalue weighted by atomic mass is 16.1. The lowest BCUT2D eigenvalue weighted by Crippen LogP contribution is -2.24. The maximum atomic E-state index is 11.0. The quantitative estimate of drug-likeness (QED) is 0.707. The first kappa shape index (κ1) is 9.92. The van der Waals surface area contributed by atoms with E-state index < -0.39 is 0 Å². The number of hydrogen-bond donors (Lipinski definition) is 2. The lowest BCUT2D eigenvalue weighted by atomic mass is 10.1. The van der Waals surface area contributed by atoms with Crippen molar-refractivity contribution in [1.82, 2.24) is 9.97 Å². The van der Waals surface area contributed by atoms with Crippen molar-refractivity contribution in [1.29, 1.82) is 0 Å². The van der Waals surface area contributed by atoms with Crippen molar-refractivity contribution in [3.63, 3.8) is 0 Å². The monoisotopic (exact) mass is 181 g/mol. The van der Waals surface area contributed by atoms with Gasteiger partial charge in [0.05, 0.1) is 0 Å². The Bertz CT molecular complexity index is 332. The fourth-order valence-electron chi connectivity index (χ4n) is 1.13. The molecule has 1 atom stereocenters. The van der Waals surface area contributed by atoms with Crippen molar-refractivity contribution in [2.75, 3.05) is 0 Å². The molecule has 0 bridgehead atoms. The van der Waals surface area contributed by atoms with Gasteiger partial charge in [-0.1, -0.05) is 6.92 Å². The normalized spacial score (nSPS) is 12.8. The number of rotatable bonds is 3. The van der Waals surface area contributed by atoms with Crippen LogP contribution >= 0.6 is 0 Å². The van der Waals surface area contributed by atoms with Gasteiger partial charge in [0.15, 0.2) is 0 Å². The standard InChI is InChI=1S/C9H15N3O/c1-3-7(10)5-8-11-6(2)4-9(13)12-8/h4,7H,3,5,10H2,1-2H3,(H,11,12,13). The molecule has 72 valence electrons. The number of nitrogens with two attached hydrogens (primary N) is 1. The Morgan fingerprint density at radius 1 is 1.69 bits per heavy atom. The summed E-state index contributed by atoms with van der Waals surface area (Å²) in [4.78, 5) is 17.9. The molecule has 0 saturated carbocycles. The molecule has 13 heavy (non-hydrogen) atoms. The first-order chi connectivity index (χ1) is 6.11. The van der Waals surface area contributed by atoms with Gasteiger partial charge in [-0.3, -0.25) is 4.79 Å². The van der Waals surface area contributed by atoms with Crippen molar-refractivity contribution in [3.8, 4) is 0 Å². The smallest absolute Gasteiger partial charge is 0.251 e. The van der Waals surface area contributed by atoms with Crippen LogP contribution in [0.5, 0.6) is 0 Å². The molecule has 0 fully saturated rings. The minimum absolute atomic E-state index is 0.0740. The van der Waals surface area contributed by atoms with E-state index in [1.165, 1.54) is 6.07 Å². The van der Waals surface area contributed by atoms with E-state index in [-0.39, 0.29) is 11.6 Å². The summed E-state index contributed by atoms with van der Waals surface area (Å²) in [5, 5.41) is 0. The zero-order valence-corrected chi connectivity index (χ0v) is 8.00. The molecule has 1 unspecified atom stereocenters. The Kier molecular flexibility index (Phi) is 3.19. The summed E-state index contributed by atoms with van der Waals surface area (Å²) < 4.78 is 0. The molecule has 4 nitrogen and oxygen atoms in total. The third-order valence-corrected chi connectivity index (χ3v) is 1.90. The molecule has 0 aliphatic rings. The molecule has 0 radical (unpaired) electrons. The number of aryl methyl sites for hydroxylation is 1. The summed E-state index contributed by atoms with van der Waals surface area (Å²) in [6.45, 7) is 3.81. The lowest BCUT2D eigenvalue weighted by Gasteiger charge is -2.07. The largest absolute Gasteiger partial charge is 0.327 e. The second-order valence-corrected chi connectivity index (χ2v) is 3.21. The fourth-order valence-corrected chi connectivity index (χ4v) is 1.13. The van der Waals surface area contributed by atoms with E-state index in [0.29, 0.717) is 12.2 Å². The van der Waals surface area contributed by atoms with E-state index >= 15 is 0 Å². The summed E-state index contributed by atoms with van der Waals surface area (Å²) in [5.41, 5.74) is 6.38. The molecule has 1 rings (SSSR count). The highest BCUT2D eigenvalue weighted by Gasteiger charge is 2.03. The Morgan fingerprint density at radius 3 is 2.92 bits per heavy atom. The molecule has 0 aliphatic heterocycles. The Balaban J connectivity index is 2.83. The van der Waals surface area contributed by atoms with Gasteiger partial charge in [-0.05, 0) is 13.3 Å². The van der Waals surface area contributed by atoms with E-state index in [2.05, 4.69) is 9.97 Å². The van der Waals surface area contributed by atoms with Crippen molar-refractivity contribution in [3.05, 3.63) is 27.9 Å². The highest BCUT2D eigenvalue weighted by Crippen LogP contribution is 1.96. The Labute approximate surface area is 77.2 Å². The van der Waals surface area contributed by atoms with Gasteiger partial charge in [0.25, 0.3) is 5.56 Å². The van der Waals surface area contributed by atoms with Crippen LogP contribution in [0, 0.1) is 6.92 Å². The molecule has 3 N–H and O–H groups in total. The predicted octanol–water partition coefficient (Wildman–Crippen LogP) is 0.358. The zero-order chi connectivity index (χ0) is 9.84. The topological polar surface area (TPSA) is 71.8 Å². The molecule has 0 spiro atoms. The van der Waals surface area contributed by atoms with Crippen molar-refractivity contribution in [2.24, 2.45) is 5.73 Å².